The first kappa shape index (κ1) is 14.6. The van der Waals surface area contributed by atoms with Gasteiger partial charge in [-0.05, 0) is 6.42 Å². The highest BCUT2D eigenvalue weighted by molar-refractivity contribution is 5.69. The largest absolute Gasteiger partial charge is 0.494 e. The van der Waals surface area contributed by atoms with Crippen molar-refractivity contribution in [1.82, 2.24) is 0 Å². The van der Waals surface area contributed by atoms with Crippen molar-refractivity contribution in [2.24, 2.45) is 0 Å². The van der Waals surface area contributed by atoms with E-state index in [1.165, 1.54) is 13.2 Å². The van der Waals surface area contributed by atoms with E-state index in [4.69, 9.17) is 15.2 Å². The van der Waals surface area contributed by atoms with Gasteiger partial charge in [0.25, 0.3) is 0 Å². The van der Waals surface area contributed by atoms with Crippen molar-refractivity contribution in [3.8, 4) is 5.75 Å². The number of nitrogen functional groups attached to an aromatic ring is 1. The van der Waals surface area contributed by atoms with Gasteiger partial charge >= 0.3 is 0 Å². The topological polar surface area (TPSA) is 56.5 Å². The van der Waals surface area contributed by atoms with E-state index in [1.54, 1.807) is 13.2 Å². The Bertz CT molecular complexity index is 379. The van der Waals surface area contributed by atoms with E-state index in [2.05, 4.69) is 12.2 Å². The monoisotopic (exact) mass is 256 g/mol. The molecule has 1 unspecified atom stereocenters. The molecule has 1 aromatic carbocycles. The summed E-state index contributed by atoms with van der Waals surface area (Å²) < 4.78 is 23.5. The average molecular weight is 256 g/mol. The molecule has 0 saturated heterocycles. The predicted molar refractivity (Wildman–Crippen MR) is 71.6 cm³/mol. The van der Waals surface area contributed by atoms with E-state index >= 15 is 0 Å². The maximum absolute atomic E-state index is 13.4. The van der Waals surface area contributed by atoms with Crippen molar-refractivity contribution in [2.45, 2.75) is 25.8 Å². The minimum atomic E-state index is -0.459. The summed E-state index contributed by atoms with van der Waals surface area (Å²) in [5.74, 6) is -0.279. The van der Waals surface area contributed by atoms with Crippen LogP contribution in [-0.4, -0.2) is 26.9 Å². The zero-order valence-electron chi connectivity index (χ0n) is 11.1. The third-order valence-electron chi connectivity index (χ3n) is 2.69. The number of anilines is 2. The Labute approximate surface area is 107 Å². The van der Waals surface area contributed by atoms with E-state index in [9.17, 15) is 4.39 Å². The van der Waals surface area contributed by atoms with Crippen LogP contribution in [0.15, 0.2) is 12.1 Å². The minimum absolute atomic E-state index is 0.150. The summed E-state index contributed by atoms with van der Waals surface area (Å²) in [5, 5.41) is 3.25. The quantitative estimate of drug-likeness (QED) is 0.736. The van der Waals surface area contributed by atoms with Gasteiger partial charge in [0, 0.05) is 25.3 Å². The number of rotatable bonds is 7. The van der Waals surface area contributed by atoms with Crippen molar-refractivity contribution < 1.29 is 13.9 Å². The number of hydrogen-bond donors (Lipinski definition) is 2. The molecule has 1 aromatic rings. The molecule has 102 valence electrons. The Hall–Kier alpha value is -1.49. The maximum Gasteiger partial charge on any atom is 0.167 e. The molecule has 0 aliphatic rings. The standard InChI is InChI=1S/C13H21FN2O2/c1-4-5-9(8-17-2)16-12-7-13(18-3)10(14)6-11(12)15/h6-7,9,16H,4-5,8,15H2,1-3H3. The summed E-state index contributed by atoms with van der Waals surface area (Å²) >= 11 is 0. The Kier molecular flexibility index (Phi) is 5.71. The molecule has 0 aliphatic carbocycles. The first-order chi connectivity index (χ1) is 8.62. The van der Waals surface area contributed by atoms with Gasteiger partial charge in [-0.15, -0.1) is 0 Å². The van der Waals surface area contributed by atoms with Crippen molar-refractivity contribution in [3.63, 3.8) is 0 Å². The van der Waals surface area contributed by atoms with E-state index in [0.717, 1.165) is 12.8 Å². The van der Waals surface area contributed by atoms with Gasteiger partial charge in [-0.2, -0.15) is 0 Å². The van der Waals surface area contributed by atoms with Gasteiger partial charge in [0.15, 0.2) is 11.6 Å². The van der Waals surface area contributed by atoms with Gasteiger partial charge in [-0.25, -0.2) is 4.39 Å². The average Bonchev–Trinajstić information content (AvgIpc) is 2.33. The SMILES string of the molecule is CCCC(COC)Nc1cc(OC)c(F)cc1N. The molecule has 0 heterocycles. The van der Waals surface area contributed by atoms with Gasteiger partial charge in [-0.3, -0.25) is 0 Å². The van der Waals surface area contributed by atoms with Gasteiger partial charge in [0.05, 0.1) is 25.1 Å². The number of benzene rings is 1. The lowest BCUT2D eigenvalue weighted by atomic mass is 10.1. The molecule has 0 amide bonds. The Balaban J connectivity index is 2.87. The highest BCUT2D eigenvalue weighted by Gasteiger charge is 2.12. The smallest absolute Gasteiger partial charge is 0.167 e. The molecule has 0 bridgehead atoms. The Morgan fingerprint density at radius 1 is 1.39 bits per heavy atom. The molecule has 18 heavy (non-hydrogen) atoms. The summed E-state index contributed by atoms with van der Waals surface area (Å²) in [6.45, 7) is 2.67. The highest BCUT2D eigenvalue weighted by atomic mass is 19.1. The molecule has 0 spiro atoms. The van der Waals surface area contributed by atoms with Crippen molar-refractivity contribution >= 4 is 11.4 Å². The minimum Gasteiger partial charge on any atom is -0.494 e. The molecule has 5 heteroatoms. The third kappa shape index (κ3) is 3.77. The van der Waals surface area contributed by atoms with Gasteiger partial charge in [0.2, 0.25) is 0 Å². The van der Waals surface area contributed by atoms with Gasteiger partial charge in [-0.1, -0.05) is 13.3 Å². The van der Waals surface area contributed by atoms with Crippen LogP contribution in [0.4, 0.5) is 15.8 Å². The fraction of sp³-hybridized carbons (Fsp3) is 0.538. The summed E-state index contributed by atoms with van der Waals surface area (Å²) in [5.41, 5.74) is 6.82. The van der Waals surface area contributed by atoms with Gasteiger partial charge < -0.3 is 20.5 Å². The predicted octanol–water partition coefficient (Wildman–Crippen LogP) is 2.64. The van der Waals surface area contributed by atoms with Crippen LogP contribution in [-0.2, 0) is 4.74 Å². The summed E-state index contributed by atoms with van der Waals surface area (Å²) in [6.07, 6.45) is 1.98. The van der Waals surface area contributed by atoms with Crippen LogP contribution in [0.1, 0.15) is 19.8 Å². The highest BCUT2D eigenvalue weighted by Crippen LogP contribution is 2.28. The number of halogens is 1. The van der Waals surface area contributed by atoms with Crippen LogP contribution in [0.3, 0.4) is 0 Å². The van der Waals surface area contributed by atoms with Crippen LogP contribution >= 0.6 is 0 Å². The summed E-state index contributed by atoms with van der Waals surface area (Å²) in [6, 6.07) is 2.98. The molecule has 0 fully saturated rings. The fourth-order valence-electron chi connectivity index (χ4n) is 1.82. The molecule has 3 N–H and O–H groups in total. The van der Waals surface area contributed by atoms with Crippen molar-refractivity contribution in [1.29, 1.82) is 0 Å². The zero-order chi connectivity index (χ0) is 13.5. The molecule has 4 nitrogen and oxygen atoms in total. The van der Waals surface area contributed by atoms with Crippen molar-refractivity contribution in [2.75, 3.05) is 31.9 Å². The van der Waals surface area contributed by atoms with Crippen LogP contribution in [0.25, 0.3) is 0 Å². The molecule has 1 rings (SSSR count). The molecule has 0 saturated carbocycles. The second kappa shape index (κ2) is 7.06. The molecular weight excluding hydrogens is 235 g/mol. The molecular formula is C13H21FN2O2. The lowest BCUT2D eigenvalue weighted by Gasteiger charge is -2.20. The summed E-state index contributed by atoms with van der Waals surface area (Å²) in [7, 11) is 3.08. The number of nitrogens with one attached hydrogen (secondary N) is 1. The lowest BCUT2D eigenvalue weighted by molar-refractivity contribution is 0.182. The Morgan fingerprint density at radius 2 is 2.11 bits per heavy atom. The van der Waals surface area contributed by atoms with E-state index in [-0.39, 0.29) is 11.8 Å². The third-order valence-corrected chi connectivity index (χ3v) is 2.69. The second-order valence-corrected chi connectivity index (χ2v) is 4.16. The molecule has 0 radical (unpaired) electrons. The molecule has 0 aromatic heterocycles. The van der Waals surface area contributed by atoms with E-state index in [0.29, 0.717) is 18.0 Å². The lowest BCUT2D eigenvalue weighted by Crippen LogP contribution is -2.25. The number of ether oxygens (including phenoxy) is 2. The number of methoxy groups -OCH3 is 2. The maximum atomic E-state index is 13.4. The first-order valence-electron chi connectivity index (χ1n) is 6.00. The molecule has 1 atom stereocenters. The van der Waals surface area contributed by atoms with E-state index < -0.39 is 5.82 Å². The first-order valence-corrected chi connectivity index (χ1v) is 6.00. The van der Waals surface area contributed by atoms with E-state index in [1.807, 2.05) is 0 Å². The fourth-order valence-corrected chi connectivity index (χ4v) is 1.82. The molecule has 0 aliphatic heterocycles. The Morgan fingerprint density at radius 3 is 2.67 bits per heavy atom. The van der Waals surface area contributed by atoms with Crippen LogP contribution in [0.5, 0.6) is 5.75 Å². The van der Waals surface area contributed by atoms with Gasteiger partial charge in [0.1, 0.15) is 0 Å². The van der Waals surface area contributed by atoms with Crippen LogP contribution < -0.4 is 15.8 Å². The second-order valence-electron chi connectivity index (χ2n) is 4.16. The van der Waals surface area contributed by atoms with Crippen LogP contribution in [0, 0.1) is 5.82 Å². The zero-order valence-corrected chi connectivity index (χ0v) is 11.1. The van der Waals surface area contributed by atoms with Crippen LogP contribution in [0.2, 0.25) is 0 Å². The number of nitrogens with two attached hydrogens (primary N) is 1. The van der Waals surface area contributed by atoms with Crippen molar-refractivity contribution in [3.05, 3.63) is 17.9 Å². The normalized spacial score (nSPS) is 12.2. The number of hydrogen-bond acceptors (Lipinski definition) is 4. The summed E-state index contributed by atoms with van der Waals surface area (Å²) in [4.78, 5) is 0.